The van der Waals surface area contributed by atoms with Gasteiger partial charge in [-0.15, -0.1) is 0 Å². The molecule has 2 aromatic rings. The smallest absolute Gasteiger partial charge is 0.300 e. The fourth-order valence-corrected chi connectivity index (χ4v) is 3.52. The Hall–Kier alpha value is -2.87. The van der Waals surface area contributed by atoms with Crippen molar-refractivity contribution in [2.45, 2.75) is 26.4 Å². The standard InChI is InChI=1S/C14H15N3OS.C9H9F3/c1-9-4-5-10(6-11(9)8-15-2)7-12-13(16-3)17-14(18)19-12;1-2-7-4-3-5-8(6-7)9(10,11)12/h4-8H,1-3H3,(H,16,17,18);3-6H,2H2,1H3/b12-7-,15-8?;. The third kappa shape index (κ3) is 7.10. The molecule has 0 spiro atoms. The van der Waals surface area contributed by atoms with Gasteiger partial charge in [-0.05, 0) is 65.6 Å². The number of carbonyl (C=O) groups is 1. The van der Waals surface area contributed by atoms with E-state index >= 15 is 0 Å². The third-order valence-electron chi connectivity index (χ3n) is 4.41. The Labute approximate surface area is 184 Å². The maximum absolute atomic E-state index is 12.1. The topological polar surface area (TPSA) is 53.8 Å². The van der Waals surface area contributed by atoms with Gasteiger partial charge in [-0.3, -0.25) is 14.8 Å². The van der Waals surface area contributed by atoms with Crippen molar-refractivity contribution < 1.29 is 18.0 Å². The van der Waals surface area contributed by atoms with Crippen LogP contribution in [0, 0.1) is 6.92 Å². The zero-order valence-electron chi connectivity index (χ0n) is 17.7. The van der Waals surface area contributed by atoms with E-state index in [1.54, 1.807) is 20.2 Å². The molecule has 4 nitrogen and oxygen atoms in total. The van der Waals surface area contributed by atoms with Gasteiger partial charge in [0.25, 0.3) is 5.24 Å². The van der Waals surface area contributed by atoms with Gasteiger partial charge in [0.15, 0.2) is 0 Å². The molecule has 1 saturated heterocycles. The van der Waals surface area contributed by atoms with Crippen LogP contribution < -0.4 is 5.32 Å². The molecule has 0 bridgehead atoms. The molecule has 3 rings (SSSR count). The normalized spacial score (nSPS) is 16.5. The van der Waals surface area contributed by atoms with Crippen LogP contribution in [0.1, 0.15) is 34.7 Å². The van der Waals surface area contributed by atoms with Crippen molar-refractivity contribution >= 4 is 35.1 Å². The van der Waals surface area contributed by atoms with Gasteiger partial charge >= 0.3 is 6.18 Å². The lowest BCUT2D eigenvalue weighted by atomic mass is 10.1. The fourth-order valence-electron chi connectivity index (χ4n) is 2.74. The van der Waals surface area contributed by atoms with E-state index in [1.807, 2.05) is 44.3 Å². The van der Waals surface area contributed by atoms with Gasteiger partial charge in [0.1, 0.15) is 5.84 Å². The number of amides is 1. The highest BCUT2D eigenvalue weighted by molar-refractivity contribution is 8.18. The van der Waals surface area contributed by atoms with Gasteiger partial charge < -0.3 is 5.32 Å². The average Bonchev–Trinajstić information content (AvgIpc) is 3.09. The van der Waals surface area contributed by atoms with Gasteiger partial charge in [-0.1, -0.05) is 37.3 Å². The number of rotatable bonds is 3. The second-order valence-electron chi connectivity index (χ2n) is 6.65. The summed E-state index contributed by atoms with van der Waals surface area (Å²) >= 11 is 1.16. The lowest BCUT2D eigenvalue weighted by Crippen LogP contribution is -2.18. The number of aryl methyl sites for hydroxylation is 2. The number of carbonyl (C=O) groups excluding carboxylic acids is 1. The summed E-state index contributed by atoms with van der Waals surface area (Å²) in [5.74, 6) is 0.626. The Morgan fingerprint density at radius 1 is 1.13 bits per heavy atom. The first kappa shape index (κ1) is 24.4. The summed E-state index contributed by atoms with van der Waals surface area (Å²) in [4.78, 5) is 20.3. The van der Waals surface area contributed by atoms with Gasteiger partial charge in [-0.2, -0.15) is 13.2 Å². The molecule has 1 amide bonds. The van der Waals surface area contributed by atoms with Crippen LogP contribution in [0.3, 0.4) is 0 Å². The van der Waals surface area contributed by atoms with Gasteiger partial charge in [0.05, 0.1) is 10.5 Å². The molecule has 31 heavy (non-hydrogen) atoms. The van der Waals surface area contributed by atoms with Crippen molar-refractivity contribution in [3.05, 3.63) is 75.2 Å². The Morgan fingerprint density at radius 2 is 1.87 bits per heavy atom. The van der Waals surface area contributed by atoms with Crippen LogP contribution in [0.25, 0.3) is 6.08 Å². The number of aliphatic imine (C=N–C) groups is 2. The van der Waals surface area contributed by atoms with Gasteiger partial charge in [-0.25, -0.2) is 0 Å². The van der Waals surface area contributed by atoms with Crippen LogP contribution in [0.15, 0.2) is 57.4 Å². The average molecular weight is 448 g/mol. The molecule has 8 heteroatoms. The molecular weight excluding hydrogens is 423 g/mol. The van der Waals surface area contributed by atoms with Crippen LogP contribution in [0.4, 0.5) is 18.0 Å². The molecule has 0 atom stereocenters. The quantitative estimate of drug-likeness (QED) is 0.575. The second kappa shape index (κ2) is 10.9. The number of alkyl halides is 3. The Morgan fingerprint density at radius 3 is 2.48 bits per heavy atom. The molecule has 1 N–H and O–H groups in total. The summed E-state index contributed by atoms with van der Waals surface area (Å²) < 4.78 is 36.3. The molecule has 2 aromatic carbocycles. The highest BCUT2D eigenvalue weighted by Gasteiger charge is 2.30. The highest BCUT2D eigenvalue weighted by Crippen LogP contribution is 2.29. The number of hydrogen-bond donors (Lipinski definition) is 1. The minimum absolute atomic E-state index is 0.0886. The summed E-state index contributed by atoms with van der Waals surface area (Å²) in [5, 5.41) is 2.62. The van der Waals surface area contributed by atoms with E-state index in [9.17, 15) is 18.0 Å². The number of halogens is 3. The Bertz CT molecular complexity index is 1030. The van der Waals surface area contributed by atoms with Crippen LogP contribution >= 0.6 is 11.8 Å². The molecule has 0 aromatic heterocycles. The maximum Gasteiger partial charge on any atom is 0.416 e. The summed E-state index contributed by atoms with van der Waals surface area (Å²) in [6, 6.07) is 11.5. The first-order valence-corrected chi connectivity index (χ1v) is 10.4. The van der Waals surface area contributed by atoms with Crippen molar-refractivity contribution in [1.29, 1.82) is 0 Å². The van der Waals surface area contributed by atoms with Crippen LogP contribution in [0.2, 0.25) is 0 Å². The predicted molar refractivity (Wildman–Crippen MR) is 123 cm³/mol. The molecule has 1 aliphatic rings. The molecule has 0 aliphatic carbocycles. The van der Waals surface area contributed by atoms with Crippen molar-refractivity contribution in [2.75, 3.05) is 14.1 Å². The summed E-state index contributed by atoms with van der Waals surface area (Å²) in [6.07, 6.45) is 0.198. The number of thioether (sulfide) groups is 1. The SMILES string of the molecule is CCc1cccc(C(F)(F)F)c1.CN=Cc1cc(/C=C2\SC(=O)NC2=NC)ccc1C. The first-order valence-electron chi connectivity index (χ1n) is 9.54. The van der Waals surface area contributed by atoms with Gasteiger partial charge in [0.2, 0.25) is 0 Å². The van der Waals surface area contributed by atoms with Crippen LogP contribution in [-0.2, 0) is 12.6 Å². The number of hydrogen-bond acceptors (Lipinski definition) is 4. The van der Waals surface area contributed by atoms with Crippen molar-refractivity contribution in [2.24, 2.45) is 9.98 Å². The molecule has 0 saturated carbocycles. The minimum Gasteiger partial charge on any atom is -0.300 e. The van der Waals surface area contributed by atoms with Crippen LogP contribution in [-0.4, -0.2) is 31.4 Å². The zero-order chi connectivity index (χ0) is 23.0. The Balaban J connectivity index is 0.000000245. The van der Waals surface area contributed by atoms with Crippen molar-refractivity contribution in [1.82, 2.24) is 5.32 Å². The summed E-state index contributed by atoms with van der Waals surface area (Å²) in [5.41, 5.74) is 3.42. The van der Waals surface area contributed by atoms with E-state index in [0.29, 0.717) is 17.8 Å². The summed E-state index contributed by atoms with van der Waals surface area (Å²) in [6.45, 7) is 3.87. The zero-order valence-corrected chi connectivity index (χ0v) is 18.6. The van der Waals surface area contributed by atoms with Crippen LogP contribution in [0.5, 0.6) is 0 Å². The number of benzene rings is 2. The maximum atomic E-state index is 12.1. The Kier molecular flexibility index (Phi) is 8.62. The minimum atomic E-state index is -4.22. The molecule has 1 aliphatic heterocycles. The number of nitrogens with zero attached hydrogens (tertiary/aromatic N) is 2. The molecule has 164 valence electrons. The summed E-state index contributed by atoms with van der Waals surface area (Å²) in [7, 11) is 3.42. The van der Waals surface area contributed by atoms with E-state index in [-0.39, 0.29) is 5.24 Å². The molecule has 0 radical (unpaired) electrons. The first-order chi connectivity index (χ1) is 14.7. The van der Waals surface area contributed by atoms with E-state index < -0.39 is 11.7 Å². The monoisotopic (exact) mass is 447 g/mol. The predicted octanol–water partition coefficient (Wildman–Crippen LogP) is 6.14. The van der Waals surface area contributed by atoms with Gasteiger partial charge in [0, 0.05) is 20.3 Å². The van der Waals surface area contributed by atoms with E-state index in [1.165, 1.54) is 17.7 Å². The van der Waals surface area contributed by atoms with Crippen molar-refractivity contribution in [3.8, 4) is 0 Å². The lowest BCUT2D eigenvalue weighted by Gasteiger charge is -2.06. The molecular formula is C23H24F3N3OS. The van der Waals surface area contributed by atoms with E-state index in [4.69, 9.17) is 0 Å². The second-order valence-corrected chi connectivity index (χ2v) is 7.67. The highest BCUT2D eigenvalue weighted by atomic mass is 32.2. The molecule has 1 fully saturated rings. The molecule has 0 unspecified atom stereocenters. The third-order valence-corrected chi connectivity index (χ3v) is 5.23. The molecule has 1 heterocycles. The largest absolute Gasteiger partial charge is 0.416 e. The van der Waals surface area contributed by atoms with E-state index in [2.05, 4.69) is 15.3 Å². The number of nitrogens with one attached hydrogen (secondary N) is 1. The number of amidine groups is 1. The lowest BCUT2D eigenvalue weighted by molar-refractivity contribution is -0.137. The fraction of sp³-hybridized carbons (Fsp3) is 0.261. The van der Waals surface area contributed by atoms with E-state index in [0.717, 1.165) is 33.9 Å². The van der Waals surface area contributed by atoms with Crippen molar-refractivity contribution in [3.63, 3.8) is 0 Å².